The Balaban J connectivity index is 1.57. The fourth-order valence-electron chi connectivity index (χ4n) is 6.43. The molecule has 1 aromatic rings. The van der Waals surface area contributed by atoms with Crippen molar-refractivity contribution in [3.05, 3.63) is 41.0 Å². The van der Waals surface area contributed by atoms with Crippen LogP contribution in [0.25, 0.3) is 0 Å². The molecule has 5 rings (SSSR count). The molecule has 0 aromatic heterocycles. The topological polar surface area (TPSA) is 44.8 Å². The summed E-state index contributed by atoms with van der Waals surface area (Å²) >= 11 is 0. The lowest BCUT2D eigenvalue weighted by Gasteiger charge is -2.59. The highest BCUT2D eigenvalue weighted by Crippen LogP contribution is 2.63. The first kappa shape index (κ1) is 18.0. The molecule has 5 nitrogen and oxygen atoms in total. The maximum absolute atomic E-state index is 11.8. The van der Waals surface area contributed by atoms with Gasteiger partial charge in [-0.15, -0.1) is 0 Å². The van der Waals surface area contributed by atoms with Crippen molar-refractivity contribution in [1.82, 2.24) is 0 Å². The Bertz CT molecular complexity index is 864. The normalized spacial score (nSPS) is 39.1. The second-order valence-electron chi connectivity index (χ2n) is 9.28. The lowest BCUT2D eigenvalue weighted by Crippen LogP contribution is -2.71. The van der Waals surface area contributed by atoms with E-state index in [1.165, 1.54) is 16.7 Å². The van der Waals surface area contributed by atoms with Gasteiger partial charge in [0.1, 0.15) is 17.9 Å². The molecule has 1 unspecified atom stereocenters. The molecule has 150 valence electrons. The standard InChI is InChI=1S/C23H30NO4/c1-5-26-22(25)27-13-24(4)11-10-23-17-9-7-15(3)21(23)28-20-14(2)6-8-16(19(20)23)12-18(17)24/h6-9,15,17-18,21H,5,10-13H2,1-4H3/q+1/t15-,17-,18?,21-,23-,24+/m0/s1. The predicted molar refractivity (Wildman–Crippen MR) is 105 cm³/mol. The lowest BCUT2D eigenvalue weighted by atomic mass is 9.52. The number of likely N-dealkylation sites (N-methyl/N-ethyl adjacent to an activating group) is 1. The van der Waals surface area contributed by atoms with Gasteiger partial charge in [0, 0.05) is 30.2 Å². The van der Waals surface area contributed by atoms with Crippen LogP contribution in [0.5, 0.6) is 5.75 Å². The van der Waals surface area contributed by atoms with E-state index < -0.39 is 6.16 Å². The Morgan fingerprint density at radius 1 is 1.32 bits per heavy atom. The van der Waals surface area contributed by atoms with Crippen LogP contribution in [-0.2, 0) is 21.3 Å². The second kappa shape index (κ2) is 5.99. The molecule has 1 aromatic carbocycles. The highest BCUT2D eigenvalue weighted by molar-refractivity contribution is 5.60. The minimum absolute atomic E-state index is 0.0649. The Morgan fingerprint density at radius 2 is 2.14 bits per heavy atom. The zero-order valence-electron chi connectivity index (χ0n) is 17.2. The molecule has 0 amide bonds. The zero-order chi connectivity index (χ0) is 19.7. The summed E-state index contributed by atoms with van der Waals surface area (Å²) in [5.74, 6) is 1.96. The molecule has 4 aliphatic rings. The molecule has 0 saturated carbocycles. The average molecular weight is 384 g/mol. The lowest BCUT2D eigenvalue weighted by molar-refractivity contribution is -0.958. The van der Waals surface area contributed by atoms with Gasteiger partial charge < -0.3 is 14.2 Å². The maximum Gasteiger partial charge on any atom is 0.512 e. The summed E-state index contributed by atoms with van der Waals surface area (Å²) < 4.78 is 17.9. The number of ether oxygens (including phenoxy) is 3. The molecule has 5 heteroatoms. The highest BCUT2D eigenvalue weighted by atomic mass is 16.7. The van der Waals surface area contributed by atoms with E-state index in [0.29, 0.717) is 31.2 Å². The molecule has 1 fully saturated rings. The molecule has 2 aliphatic heterocycles. The van der Waals surface area contributed by atoms with Crippen molar-refractivity contribution >= 4 is 6.16 Å². The van der Waals surface area contributed by atoms with Crippen LogP contribution in [0.4, 0.5) is 4.79 Å². The van der Waals surface area contributed by atoms with Gasteiger partial charge >= 0.3 is 6.16 Å². The number of hydrogen-bond donors (Lipinski definition) is 0. The van der Waals surface area contributed by atoms with Gasteiger partial charge in [-0.25, -0.2) is 4.79 Å². The van der Waals surface area contributed by atoms with Crippen LogP contribution in [0.15, 0.2) is 24.3 Å². The number of rotatable bonds is 3. The van der Waals surface area contributed by atoms with Crippen molar-refractivity contribution in [1.29, 1.82) is 0 Å². The second-order valence-corrected chi connectivity index (χ2v) is 9.28. The number of nitrogens with zero attached hydrogens (tertiary/aromatic N) is 1. The van der Waals surface area contributed by atoms with E-state index in [0.717, 1.165) is 29.6 Å². The van der Waals surface area contributed by atoms with E-state index in [1.54, 1.807) is 6.92 Å². The molecule has 0 N–H and O–H groups in total. The number of quaternary nitrogens is 1. The van der Waals surface area contributed by atoms with Crippen molar-refractivity contribution < 1.29 is 23.5 Å². The van der Waals surface area contributed by atoms with Crippen LogP contribution in [0, 0.1) is 18.8 Å². The van der Waals surface area contributed by atoms with Crippen molar-refractivity contribution in [3.8, 4) is 5.75 Å². The number of hydrogen-bond acceptors (Lipinski definition) is 4. The van der Waals surface area contributed by atoms with E-state index in [-0.39, 0.29) is 11.5 Å². The maximum atomic E-state index is 11.8. The predicted octanol–water partition coefficient (Wildman–Crippen LogP) is 3.72. The van der Waals surface area contributed by atoms with Gasteiger partial charge in [0.15, 0.2) is 0 Å². The fraction of sp³-hybridized carbons (Fsp3) is 0.609. The Morgan fingerprint density at radius 3 is 2.93 bits per heavy atom. The smallest absolute Gasteiger partial charge is 0.488 e. The van der Waals surface area contributed by atoms with Crippen LogP contribution in [0.3, 0.4) is 0 Å². The minimum atomic E-state index is -0.564. The minimum Gasteiger partial charge on any atom is -0.488 e. The molecule has 2 aliphatic carbocycles. The number of piperidine rings is 1. The summed E-state index contributed by atoms with van der Waals surface area (Å²) in [4.78, 5) is 11.8. The third-order valence-electron chi connectivity index (χ3n) is 7.77. The Kier molecular flexibility index (Phi) is 3.86. The highest BCUT2D eigenvalue weighted by Gasteiger charge is 2.67. The zero-order valence-corrected chi connectivity index (χ0v) is 17.2. The van der Waals surface area contributed by atoms with Gasteiger partial charge in [-0.05, 0) is 25.0 Å². The van der Waals surface area contributed by atoms with Crippen LogP contribution in [0.1, 0.15) is 37.0 Å². The number of carbonyl (C=O) groups excluding carboxylic acids is 1. The van der Waals surface area contributed by atoms with E-state index >= 15 is 0 Å². The number of aryl methyl sites for hydroxylation is 1. The van der Waals surface area contributed by atoms with Gasteiger partial charge in [0.2, 0.25) is 6.73 Å². The summed E-state index contributed by atoms with van der Waals surface area (Å²) in [6.07, 6.45) is 6.47. The molecule has 1 saturated heterocycles. The quantitative estimate of drug-likeness (QED) is 0.453. The van der Waals surface area contributed by atoms with E-state index in [9.17, 15) is 4.79 Å². The molecule has 6 atom stereocenters. The van der Waals surface area contributed by atoms with Gasteiger partial charge in [-0.2, -0.15) is 0 Å². The molecular formula is C23H30NO4+. The van der Waals surface area contributed by atoms with Gasteiger partial charge in [-0.3, -0.25) is 4.48 Å². The van der Waals surface area contributed by atoms with Crippen LogP contribution < -0.4 is 4.74 Å². The number of likely N-dealkylation sites (tertiary alicyclic amines) is 1. The largest absolute Gasteiger partial charge is 0.512 e. The summed E-state index contributed by atoms with van der Waals surface area (Å²) in [6, 6.07) is 4.88. The summed E-state index contributed by atoms with van der Waals surface area (Å²) in [7, 11) is 2.23. The van der Waals surface area contributed by atoms with E-state index in [2.05, 4.69) is 45.2 Å². The SMILES string of the molecule is CCOC(=O)OC[N@@+]1(C)CC[C@]23c4c5ccc(C)c4O[C@H]2[C@@H](C)C=C[C@H]3C1C5. The average Bonchev–Trinajstić information content (AvgIpc) is 3.03. The van der Waals surface area contributed by atoms with Crippen LogP contribution in [0.2, 0.25) is 0 Å². The van der Waals surface area contributed by atoms with Gasteiger partial charge in [-0.1, -0.05) is 31.2 Å². The molecular weight excluding hydrogens is 354 g/mol. The summed E-state index contributed by atoms with van der Waals surface area (Å²) in [6.45, 7) is 7.93. The van der Waals surface area contributed by atoms with E-state index in [1.807, 2.05) is 0 Å². The first-order valence-electron chi connectivity index (χ1n) is 10.5. The third kappa shape index (κ3) is 2.20. The fourth-order valence-corrected chi connectivity index (χ4v) is 6.43. The monoisotopic (exact) mass is 384 g/mol. The Hall–Kier alpha value is -2.01. The molecule has 2 heterocycles. The van der Waals surface area contributed by atoms with Crippen molar-refractivity contribution in [3.63, 3.8) is 0 Å². The van der Waals surface area contributed by atoms with Crippen molar-refractivity contribution in [2.24, 2.45) is 11.8 Å². The van der Waals surface area contributed by atoms with Crippen molar-refractivity contribution in [2.75, 3.05) is 26.9 Å². The first-order valence-corrected chi connectivity index (χ1v) is 10.5. The van der Waals surface area contributed by atoms with Crippen molar-refractivity contribution in [2.45, 2.75) is 51.2 Å². The summed E-state index contributed by atoms with van der Waals surface area (Å²) in [5.41, 5.74) is 4.22. The van der Waals surface area contributed by atoms with Crippen LogP contribution >= 0.6 is 0 Å². The number of benzene rings is 1. The van der Waals surface area contributed by atoms with Gasteiger partial charge in [0.05, 0.1) is 25.6 Å². The Labute approximate surface area is 166 Å². The molecule has 28 heavy (non-hydrogen) atoms. The molecule has 1 spiro atoms. The van der Waals surface area contributed by atoms with E-state index in [4.69, 9.17) is 14.2 Å². The summed E-state index contributed by atoms with van der Waals surface area (Å²) in [5, 5.41) is 0. The van der Waals surface area contributed by atoms with Crippen LogP contribution in [-0.4, -0.2) is 49.7 Å². The molecule has 0 radical (unpaired) electrons. The molecule has 2 bridgehead atoms. The number of carbonyl (C=O) groups is 1. The van der Waals surface area contributed by atoms with Gasteiger partial charge in [0.25, 0.3) is 0 Å². The third-order valence-corrected chi connectivity index (χ3v) is 7.77. The first-order chi connectivity index (χ1) is 13.4.